The molecular formula is C42H54FN7O9. The fourth-order valence-electron chi connectivity index (χ4n) is 8.71. The number of urea groups is 1. The first-order valence-electron chi connectivity index (χ1n) is 20.3. The summed E-state index contributed by atoms with van der Waals surface area (Å²) in [6, 6.07) is 5.41. The molecule has 0 aromatic heterocycles. The summed E-state index contributed by atoms with van der Waals surface area (Å²) in [6.45, 7) is 6.98. The number of β-amino-alcohol motifs (C(OH)–C–C–N with tert-alkyl or cyclic N) is 1. The van der Waals surface area contributed by atoms with Crippen molar-refractivity contribution in [2.75, 3.05) is 25.0 Å². The molecule has 9 atom stereocenters. The molecule has 4 fully saturated rings. The van der Waals surface area contributed by atoms with Crippen LogP contribution in [0, 0.1) is 18.7 Å². The molecule has 1 aliphatic carbocycles. The van der Waals surface area contributed by atoms with E-state index in [9.17, 15) is 48.2 Å². The third kappa shape index (κ3) is 9.73. The van der Waals surface area contributed by atoms with Crippen LogP contribution in [0.4, 0.5) is 14.9 Å². The van der Waals surface area contributed by atoms with E-state index in [0.717, 1.165) is 22.6 Å². The van der Waals surface area contributed by atoms with Crippen molar-refractivity contribution in [1.82, 2.24) is 30.7 Å². The summed E-state index contributed by atoms with van der Waals surface area (Å²) in [4.78, 5) is 99.2. The second kappa shape index (κ2) is 17.8. The zero-order valence-corrected chi connectivity index (χ0v) is 33.8. The van der Waals surface area contributed by atoms with Crippen LogP contribution in [0.15, 0.2) is 48.5 Å². The molecule has 3 heterocycles. The molecule has 2 aromatic carbocycles. The quantitative estimate of drug-likeness (QED) is 0.181. The fourth-order valence-corrected chi connectivity index (χ4v) is 8.71. The van der Waals surface area contributed by atoms with E-state index in [2.05, 4.69) is 21.3 Å². The van der Waals surface area contributed by atoms with Crippen molar-refractivity contribution >= 4 is 47.0 Å². The first kappa shape index (κ1) is 43.2. The molecule has 3 aliphatic heterocycles. The molecule has 1 spiro atoms. The van der Waals surface area contributed by atoms with Gasteiger partial charge in [-0.2, -0.15) is 0 Å². The number of aliphatic hydroxyl groups is 2. The second-order valence-electron chi connectivity index (χ2n) is 16.6. The summed E-state index contributed by atoms with van der Waals surface area (Å²) in [5.74, 6) is -3.54. The molecule has 3 saturated heterocycles. The maximum atomic E-state index is 14.3. The van der Waals surface area contributed by atoms with Crippen molar-refractivity contribution in [3.63, 3.8) is 0 Å². The monoisotopic (exact) mass is 819 g/mol. The van der Waals surface area contributed by atoms with E-state index in [0.29, 0.717) is 44.2 Å². The van der Waals surface area contributed by atoms with Gasteiger partial charge in [-0.3, -0.25) is 28.8 Å². The molecule has 16 nitrogen and oxygen atoms in total. The van der Waals surface area contributed by atoms with E-state index >= 15 is 0 Å². The Labute approximate surface area is 342 Å². The zero-order chi connectivity index (χ0) is 42.8. The Morgan fingerprint density at radius 1 is 0.932 bits per heavy atom. The van der Waals surface area contributed by atoms with Crippen LogP contribution in [0.2, 0.25) is 0 Å². The summed E-state index contributed by atoms with van der Waals surface area (Å²) in [5.41, 5.74) is 1.06. The van der Waals surface area contributed by atoms with E-state index in [1.807, 2.05) is 26.0 Å². The number of amides is 7. The highest BCUT2D eigenvalue weighted by atomic mass is 19.1. The number of rotatable bonds is 12. The summed E-state index contributed by atoms with van der Waals surface area (Å²) < 4.78 is 13.5. The molecule has 6 rings (SSSR count). The van der Waals surface area contributed by atoms with Crippen LogP contribution in [0.1, 0.15) is 70.4 Å². The van der Waals surface area contributed by atoms with Crippen molar-refractivity contribution in [2.24, 2.45) is 5.92 Å². The van der Waals surface area contributed by atoms with Gasteiger partial charge in [0.05, 0.1) is 12.2 Å². The highest BCUT2D eigenvalue weighted by Crippen LogP contribution is 2.48. The minimum atomic E-state index is -1.60. The van der Waals surface area contributed by atoms with Crippen molar-refractivity contribution in [1.29, 1.82) is 0 Å². The number of halogens is 1. The molecule has 1 saturated carbocycles. The highest BCUT2D eigenvalue weighted by Gasteiger charge is 2.63. The lowest BCUT2D eigenvalue weighted by atomic mass is 9.98. The zero-order valence-electron chi connectivity index (χ0n) is 33.8. The van der Waals surface area contributed by atoms with Crippen molar-refractivity contribution in [3.05, 3.63) is 65.5 Å². The van der Waals surface area contributed by atoms with Gasteiger partial charge in [0, 0.05) is 44.6 Å². The number of ketones is 1. The third-order valence-electron chi connectivity index (χ3n) is 11.8. The molecule has 7 amide bonds. The number of hydrogen-bond donors (Lipinski definition) is 6. The lowest BCUT2D eigenvalue weighted by Crippen LogP contribution is -2.62. The number of carbonyl (C=O) groups is 7. The first-order chi connectivity index (χ1) is 28.0. The van der Waals surface area contributed by atoms with Gasteiger partial charge in [0.25, 0.3) is 0 Å². The van der Waals surface area contributed by atoms with Crippen LogP contribution in [0.25, 0.3) is 0 Å². The lowest BCUT2D eigenvalue weighted by Gasteiger charge is -2.39. The SMILES string of the molecule is Cc1cccc(C[C@H](NC(=O)Nc2ccc(F)cc2)C(=O)N[C@H](C(=O)N2C[C@H](O)C[C@H]2C(=O)N2CCCC[C@H]2C(=O)N[C@@H](C)C(=O)N2C[C@H](C)C[C@@]23CC3=O)[C@H](C)O)c1. The minimum absolute atomic E-state index is 0.00656. The normalized spacial score (nSPS) is 25.8. The number of aryl methyl sites for hydroxylation is 1. The second-order valence-corrected chi connectivity index (χ2v) is 16.6. The molecule has 318 valence electrons. The number of hydrogen-bond acceptors (Lipinski definition) is 9. The number of nitrogens with one attached hydrogen (secondary N) is 4. The Hall–Kier alpha value is -5.42. The van der Waals surface area contributed by atoms with E-state index < -0.39 is 83.4 Å². The molecule has 0 radical (unpaired) electrons. The molecular weight excluding hydrogens is 765 g/mol. The Kier molecular flexibility index (Phi) is 13.0. The molecule has 0 unspecified atom stereocenters. The lowest BCUT2D eigenvalue weighted by molar-refractivity contribution is -0.152. The van der Waals surface area contributed by atoms with E-state index in [1.54, 1.807) is 24.0 Å². The molecule has 17 heteroatoms. The number of piperidine rings is 1. The summed E-state index contributed by atoms with van der Waals surface area (Å²) in [5, 5.41) is 32.1. The van der Waals surface area contributed by atoms with Crippen molar-refractivity contribution in [3.8, 4) is 0 Å². The van der Waals surface area contributed by atoms with Crippen LogP contribution in [0.3, 0.4) is 0 Å². The maximum absolute atomic E-state index is 14.3. The number of nitrogens with zero attached hydrogens (tertiary/aromatic N) is 3. The molecule has 4 aliphatic rings. The van der Waals surface area contributed by atoms with Gasteiger partial charge in [-0.15, -0.1) is 0 Å². The standard InChI is InChI=1S/C42H54FN7O9/c1-23-8-7-9-27(16-23)17-31(46-41(59)45-29-13-11-28(43)12-14-29)36(54)47-35(26(4)51)40(58)49-22-30(52)18-33(49)39(57)48-15-6-5-10-32(48)37(55)44-25(3)38(56)50-21-24(2)19-42(50)20-34(42)53/h7-9,11-14,16,24-26,30-33,35,51-52H,5-6,10,15,17-22H2,1-4H3,(H,44,55)(H,47,54)(H2,45,46,59)/t24-,25+,26+,30-,31+,32+,33+,35+,42+/m1/s1. The van der Waals surface area contributed by atoms with Gasteiger partial charge in [-0.1, -0.05) is 36.8 Å². The number of benzene rings is 2. The Morgan fingerprint density at radius 2 is 1.64 bits per heavy atom. The molecule has 59 heavy (non-hydrogen) atoms. The fraction of sp³-hybridized carbons (Fsp3) is 0.548. The van der Waals surface area contributed by atoms with Crippen molar-refractivity contribution < 1.29 is 48.2 Å². The minimum Gasteiger partial charge on any atom is -0.391 e. The van der Waals surface area contributed by atoms with Gasteiger partial charge in [0.1, 0.15) is 41.6 Å². The average Bonchev–Trinajstić information content (AvgIpc) is 3.47. The topological polar surface area (TPSA) is 218 Å². The number of likely N-dealkylation sites (tertiary alicyclic amines) is 3. The average molecular weight is 820 g/mol. The van der Waals surface area contributed by atoms with Gasteiger partial charge in [-0.25, -0.2) is 9.18 Å². The number of carbonyl (C=O) groups excluding carboxylic acids is 7. The molecule has 0 bridgehead atoms. The summed E-state index contributed by atoms with van der Waals surface area (Å²) in [7, 11) is 0. The van der Waals surface area contributed by atoms with Gasteiger partial charge in [0.2, 0.25) is 29.5 Å². The number of aliphatic hydroxyl groups excluding tert-OH is 2. The van der Waals surface area contributed by atoms with Gasteiger partial charge in [0.15, 0.2) is 5.78 Å². The van der Waals surface area contributed by atoms with Gasteiger partial charge < -0.3 is 46.2 Å². The summed E-state index contributed by atoms with van der Waals surface area (Å²) in [6.07, 6.45) is -0.395. The summed E-state index contributed by atoms with van der Waals surface area (Å²) >= 11 is 0. The van der Waals surface area contributed by atoms with Crippen molar-refractivity contribution in [2.45, 2.75) is 121 Å². The molecule has 2 aromatic rings. The maximum Gasteiger partial charge on any atom is 0.319 e. The van der Waals surface area contributed by atoms with Gasteiger partial charge >= 0.3 is 6.03 Å². The number of Topliss-reactive ketones (excluding diaryl/α,β-unsaturated/α-hetero) is 1. The van der Waals surface area contributed by atoms with Crippen LogP contribution in [-0.4, -0.2) is 134 Å². The van der Waals surface area contributed by atoms with Crippen LogP contribution < -0.4 is 21.3 Å². The largest absolute Gasteiger partial charge is 0.391 e. The van der Waals surface area contributed by atoms with Crippen LogP contribution >= 0.6 is 0 Å². The third-order valence-corrected chi connectivity index (χ3v) is 11.8. The van der Waals surface area contributed by atoms with Crippen LogP contribution in [-0.2, 0) is 35.2 Å². The smallest absolute Gasteiger partial charge is 0.319 e. The van der Waals surface area contributed by atoms with E-state index in [1.165, 1.54) is 24.0 Å². The predicted octanol–water partition coefficient (Wildman–Crippen LogP) is 1.16. The Bertz CT molecular complexity index is 1960. The first-order valence-corrected chi connectivity index (χ1v) is 20.3. The molecule has 6 N–H and O–H groups in total. The predicted molar refractivity (Wildman–Crippen MR) is 212 cm³/mol. The van der Waals surface area contributed by atoms with Gasteiger partial charge in [-0.05, 0) is 82.2 Å². The highest BCUT2D eigenvalue weighted by molar-refractivity contribution is 6.09. The van der Waals surface area contributed by atoms with E-state index in [-0.39, 0.29) is 49.2 Å². The Balaban J connectivity index is 1.15. The van der Waals surface area contributed by atoms with Crippen LogP contribution in [0.5, 0.6) is 0 Å². The Morgan fingerprint density at radius 3 is 2.31 bits per heavy atom. The number of anilines is 1. The van der Waals surface area contributed by atoms with E-state index in [4.69, 9.17) is 0 Å².